The van der Waals surface area contributed by atoms with Crippen LogP contribution in [0.15, 0.2) is 53.7 Å². The molecule has 0 aliphatic carbocycles. The number of carbonyl (C=O) groups excluding carboxylic acids is 1. The Labute approximate surface area is 184 Å². The van der Waals surface area contributed by atoms with Crippen LogP contribution in [0.4, 0.5) is 5.69 Å². The Morgan fingerprint density at radius 1 is 0.968 bits per heavy atom. The zero-order valence-corrected chi connectivity index (χ0v) is 18.8. The summed E-state index contributed by atoms with van der Waals surface area (Å²) in [7, 11) is -3.64. The highest BCUT2D eigenvalue weighted by molar-refractivity contribution is 7.89. The number of piperidine rings is 1. The summed E-state index contributed by atoms with van der Waals surface area (Å²) in [4.78, 5) is 21.3. The first-order chi connectivity index (χ1) is 15.0. The third-order valence-corrected chi connectivity index (χ3v) is 8.23. The van der Waals surface area contributed by atoms with Crippen molar-refractivity contribution >= 4 is 21.6 Å². The van der Waals surface area contributed by atoms with E-state index < -0.39 is 10.0 Å². The Bertz CT molecular complexity index is 987. The van der Waals surface area contributed by atoms with Crippen LogP contribution < -0.4 is 4.90 Å². The third-order valence-electron chi connectivity index (χ3n) is 6.37. The van der Waals surface area contributed by atoms with Crippen molar-refractivity contribution in [2.24, 2.45) is 5.92 Å². The highest BCUT2D eigenvalue weighted by atomic mass is 32.2. The molecule has 1 aromatic carbocycles. The van der Waals surface area contributed by atoms with Gasteiger partial charge in [-0.3, -0.25) is 9.78 Å². The van der Waals surface area contributed by atoms with Crippen LogP contribution in [0.5, 0.6) is 0 Å². The van der Waals surface area contributed by atoms with Gasteiger partial charge in [0.2, 0.25) is 15.9 Å². The average Bonchev–Trinajstić information content (AvgIpc) is 2.81. The summed E-state index contributed by atoms with van der Waals surface area (Å²) in [5.41, 5.74) is 2.28. The number of rotatable bonds is 6. The van der Waals surface area contributed by atoms with Gasteiger partial charge in [-0.2, -0.15) is 4.31 Å². The summed E-state index contributed by atoms with van der Waals surface area (Å²) in [5.74, 6) is 0.350. The minimum atomic E-state index is -3.64. The summed E-state index contributed by atoms with van der Waals surface area (Å²) in [6.07, 6.45) is 6.53. The quantitative estimate of drug-likeness (QED) is 0.687. The van der Waals surface area contributed by atoms with E-state index in [0.29, 0.717) is 25.6 Å². The molecule has 2 aromatic rings. The number of sulfonamides is 1. The second-order valence-electron chi connectivity index (χ2n) is 8.31. The Balaban J connectivity index is 1.31. The maximum Gasteiger partial charge on any atom is 0.243 e. The van der Waals surface area contributed by atoms with E-state index in [4.69, 9.17) is 0 Å². The number of anilines is 1. The highest BCUT2D eigenvalue weighted by Gasteiger charge is 2.34. The van der Waals surface area contributed by atoms with Crippen LogP contribution in [0.25, 0.3) is 0 Å². The molecular formula is C23H30N4O3S. The van der Waals surface area contributed by atoms with Gasteiger partial charge in [0.05, 0.1) is 11.4 Å². The fourth-order valence-electron chi connectivity index (χ4n) is 4.37. The van der Waals surface area contributed by atoms with Gasteiger partial charge in [-0.05, 0) is 55.0 Å². The zero-order valence-electron chi connectivity index (χ0n) is 18.0. The first kappa shape index (κ1) is 21.8. The molecule has 0 spiro atoms. The van der Waals surface area contributed by atoms with E-state index in [1.165, 1.54) is 9.99 Å². The van der Waals surface area contributed by atoms with Crippen molar-refractivity contribution in [1.82, 2.24) is 14.2 Å². The summed E-state index contributed by atoms with van der Waals surface area (Å²) in [6.45, 7) is 5.39. The summed E-state index contributed by atoms with van der Waals surface area (Å²) < 4.78 is 27.2. The number of aryl methyl sites for hydroxylation is 1. The van der Waals surface area contributed by atoms with Gasteiger partial charge in [-0.1, -0.05) is 19.1 Å². The lowest BCUT2D eigenvalue weighted by Crippen LogP contribution is -2.53. The predicted octanol–water partition coefficient (Wildman–Crippen LogP) is 2.39. The van der Waals surface area contributed by atoms with E-state index in [2.05, 4.69) is 9.88 Å². The van der Waals surface area contributed by atoms with Crippen molar-refractivity contribution in [1.29, 1.82) is 0 Å². The van der Waals surface area contributed by atoms with Gasteiger partial charge in [0.15, 0.2) is 0 Å². The lowest BCUT2D eigenvalue weighted by atomic mass is 9.95. The van der Waals surface area contributed by atoms with Crippen LogP contribution in [0, 0.1) is 5.92 Å². The molecule has 4 rings (SSSR count). The Morgan fingerprint density at radius 3 is 2.26 bits per heavy atom. The third kappa shape index (κ3) is 4.91. The summed E-state index contributed by atoms with van der Waals surface area (Å²) in [5, 5.41) is 0. The molecule has 2 saturated heterocycles. The molecule has 1 amide bonds. The van der Waals surface area contributed by atoms with Crippen LogP contribution in [-0.4, -0.2) is 67.8 Å². The molecule has 1 aromatic heterocycles. The fraction of sp³-hybridized carbons (Fsp3) is 0.478. The van der Waals surface area contributed by atoms with Gasteiger partial charge in [-0.15, -0.1) is 0 Å². The van der Waals surface area contributed by atoms with E-state index in [9.17, 15) is 13.2 Å². The number of nitrogens with zero attached hydrogens (tertiary/aromatic N) is 4. The van der Waals surface area contributed by atoms with Crippen LogP contribution in [0.1, 0.15) is 25.3 Å². The van der Waals surface area contributed by atoms with Gasteiger partial charge >= 0.3 is 0 Å². The molecule has 2 aliphatic heterocycles. The van der Waals surface area contributed by atoms with E-state index >= 15 is 0 Å². The average molecular weight is 443 g/mol. The molecule has 7 nitrogen and oxygen atoms in total. The van der Waals surface area contributed by atoms with Crippen LogP contribution in [0.2, 0.25) is 0 Å². The second-order valence-corrected chi connectivity index (χ2v) is 10.2. The van der Waals surface area contributed by atoms with Crippen molar-refractivity contribution in [2.45, 2.75) is 31.1 Å². The van der Waals surface area contributed by atoms with Crippen molar-refractivity contribution < 1.29 is 13.2 Å². The lowest BCUT2D eigenvalue weighted by Gasteiger charge is -2.38. The monoisotopic (exact) mass is 442 g/mol. The fourth-order valence-corrected chi connectivity index (χ4v) is 5.75. The summed E-state index contributed by atoms with van der Waals surface area (Å²) in [6, 6.07) is 11.0. The number of benzene rings is 1. The molecule has 0 unspecified atom stereocenters. The molecule has 166 valence electrons. The largest absolute Gasteiger partial charge is 0.371 e. The SMILES string of the molecule is CCc1ccc(S(=O)(=O)N2CCN(CC3CCN(c4ccncc4)CC3)C(=O)C2)cc1. The molecule has 2 aliphatic rings. The second kappa shape index (κ2) is 9.36. The van der Waals surface area contributed by atoms with Gasteiger partial charge in [-0.25, -0.2) is 8.42 Å². The Hall–Kier alpha value is -2.45. The molecular weight excluding hydrogens is 412 g/mol. The van der Waals surface area contributed by atoms with Crippen molar-refractivity contribution in [3.05, 3.63) is 54.4 Å². The molecule has 8 heteroatoms. The minimum absolute atomic E-state index is 0.0757. The predicted molar refractivity (Wildman–Crippen MR) is 120 cm³/mol. The van der Waals surface area contributed by atoms with Gasteiger partial charge < -0.3 is 9.80 Å². The van der Waals surface area contributed by atoms with Crippen molar-refractivity contribution in [3.63, 3.8) is 0 Å². The number of aromatic nitrogens is 1. The number of piperazine rings is 1. The minimum Gasteiger partial charge on any atom is -0.371 e. The van der Waals surface area contributed by atoms with Crippen molar-refractivity contribution in [3.8, 4) is 0 Å². The van der Waals surface area contributed by atoms with Crippen LogP contribution >= 0.6 is 0 Å². The molecule has 0 bridgehead atoms. The first-order valence-corrected chi connectivity index (χ1v) is 12.4. The van der Waals surface area contributed by atoms with E-state index in [-0.39, 0.29) is 17.3 Å². The number of carbonyl (C=O) groups is 1. The number of hydrogen-bond donors (Lipinski definition) is 0. The molecule has 2 fully saturated rings. The molecule has 0 saturated carbocycles. The molecule has 31 heavy (non-hydrogen) atoms. The smallest absolute Gasteiger partial charge is 0.243 e. The zero-order chi connectivity index (χ0) is 21.8. The van der Waals surface area contributed by atoms with Gasteiger partial charge in [0.25, 0.3) is 0 Å². The van der Waals surface area contributed by atoms with Gasteiger partial charge in [0.1, 0.15) is 0 Å². The number of amides is 1. The Morgan fingerprint density at radius 2 is 1.65 bits per heavy atom. The maximum atomic E-state index is 12.9. The number of hydrogen-bond acceptors (Lipinski definition) is 5. The maximum absolute atomic E-state index is 12.9. The van der Waals surface area contributed by atoms with E-state index in [0.717, 1.165) is 37.9 Å². The first-order valence-electron chi connectivity index (χ1n) is 11.0. The standard InChI is InChI=1S/C23H30N4O3S/c1-2-19-3-5-22(6-4-19)31(29,30)27-16-15-26(23(28)18-27)17-20-9-13-25(14-10-20)21-7-11-24-12-8-21/h3-8,11-12,20H,2,9-10,13-18H2,1H3. The van der Waals surface area contributed by atoms with Gasteiger partial charge in [0, 0.05) is 50.8 Å². The molecule has 0 radical (unpaired) electrons. The summed E-state index contributed by atoms with van der Waals surface area (Å²) >= 11 is 0. The van der Waals surface area contributed by atoms with Crippen LogP contribution in [0.3, 0.4) is 0 Å². The lowest BCUT2D eigenvalue weighted by molar-refractivity contribution is -0.134. The highest BCUT2D eigenvalue weighted by Crippen LogP contribution is 2.25. The molecule has 0 N–H and O–H groups in total. The number of pyridine rings is 1. The van der Waals surface area contributed by atoms with E-state index in [1.54, 1.807) is 12.1 Å². The van der Waals surface area contributed by atoms with Crippen LogP contribution in [-0.2, 0) is 21.2 Å². The van der Waals surface area contributed by atoms with Crippen molar-refractivity contribution in [2.75, 3.05) is 44.2 Å². The van der Waals surface area contributed by atoms with E-state index in [1.807, 2.05) is 48.5 Å². The molecule has 0 atom stereocenters. The Kier molecular flexibility index (Phi) is 6.57. The normalized spacial score (nSPS) is 19.1. The topological polar surface area (TPSA) is 73.8 Å². The molecule has 3 heterocycles.